The van der Waals surface area contributed by atoms with E-state index >= 15 is 0 Å². The second-order valence-electron chi connectivity index (χ2n) is 7.05. The molecule has 130 valence electrons. The zero-order valence-electron chi connectivity index (χ0n) is 14.7. The molecular formula is C19H26N2O3. The number of methoxy groups -OCH3 is 1. The second kappa shape index (κ2) is 6.83. The highest BCUT2D eigenvalue weighted by atomic mass is 16.5. The molecule has 5 heteroatoms. The highest BCUT2D eigenvalue weighted by Crippen LogP contribution is 2.35. The van der Waals surface area contributed by atoms with Gasteiger partial charge < -0.3 is 14.5 Å². The van der Waals surface area contributed by atoms with Crippen LogP contribution in [0, 0.1) is 11.8 Å². The van der Waals surface area contributed by atoms with Gasteiger partial charge in [-0.15, -0.1) is 0 Å². The molecule has 1 saturated heterocycles. The quantitative estimate of drug-likeness (QED) is 0.804. The van der Waals surface area contributed by atoms with Crippen LogP contribution < -0.4 is 4.74 Å². The lowest BCUT2D eigenvalue weighted by Crippen LogP contribution is -2.41. The minimum Gasteiger partial charge on any atom is -0.497 e. The molecular weight excluding hydrogens is 304 g/mol. The van der Waals surface area contributed by atoms with Crippen LogP contribution in [0.5, 0.6) is 5.75 Å². The molecule has 1 aliphatic carbocycles. The van der Waals surface area contributed by atoms with E-state index in [1.807, 2.05) is 36.2 Å². The lowest BCUT2D eigenvalue weighted by Gasteiger charge is -2.27. The van der Waals surface area contributed by atoms with Crippen LogP contribution in [0.25, 0.3) is 0 Å². The van der Waals surface area contributed by atoms with Gasteiger partial charge in [-0.1, -0.05) is 12.1 Å². The summed E-state index contributed by atoms with van der Waals surface area (Å²) >= 11 is 0. The summed E-state index contributed by atoms with van der Waals surface area (Å²) in [5, 5.41) is 0. The fraction of sp³-hybridized carbons (Fsp3) is 0.579. The summed E-state index contributed by atoms with van der Waals surface area (Å²) in [7, 11) is 3.51. The minimum absolute atomic E-state index is 0.0663. The molecule has 0 spiro atoms. The maximum atomic E-state index is 12.7. The number of benzene rings is 1. The molecule has 5 nitrogen and oxygen atoms in total. The van der Waals surface area contributed by atoms with Crippen molar-refractivity contribution in [3.63, 3.8) is 0 Å². The molecule has 2 fully saturated rings. The highest BCUT2D eigenvalue weighted by Gasteiger charge is 2.39. The Morgan fingerprint density at radius 2 is 2.00 bits per heavy atom. The van der Waals surface area contributed by atoms with Gasteiger partial charge in [-0.25, -0.2) is 0 Å². The van der Waals surface area contributed by atoms with E-state index in [9.17, 15) is 9.59 Å². The van der Waals surface area contributed by atoms with Crippen LogP contribution >= 0.6 is 0 Å². The Morgan fingerprint density at radius 3 is 2.58 bits per heavy atom. The summed E-state index contributed by atoms with van der Waals surface area (Å²) in [4.78, 5) is 28.6. The monoisotopic (exact) mass is 330 g/mol. The summed E-state index contributed by atoms with van der Waals surface area (Å²) < 4.78 is 5.15. The number of nitrogens with zero attached hydrogens (tertiary/aromatic N) is 2. The Hall–Kier alpha value is -2.04. The van der Waals surface area contributed by atoms with Crippen molar-refractivity contribution < 1.29 is 14.3 Å². The Labute approximate surface area is 143 Å². The summed E-state index contributed by atoms with van der Waals surface area (Å²) in [5.74, 6) is 1.42. The average Bonchev–Trinajstić information content (AvgIpc) is 3.38. The molecule has 0 bridgehead atoms. The van der Waals surface area contributed by atoms with Gasteiger partial charge in [0, 0.05) is 32.6 Å². The average molecular weight is 330 g/mol. The van der Waals surface area contributed by atoms with Crippen LogP contribution in [-0.2, 0) is 16.1 Å². The minimum atomic E-state index is -0.207. The predicted molar refractivity (Wildman–Crippen MR) is 91.5 cm³/mol. The van der Waals surface area contributed by atoms with Crippen LogP contribution in [-0.4, -0.2) is 48.4 Å². The van der Waals surface area contributed by atoms with Crippen LogP contribution in [0.1, 0.15) is 31.7 Å². The van der Waals surface area contributed by atoms with Crippen molar-refractivity contribution in [3.05, 3.63) is 29.8 Å². The van der Waals surface area contributed by atoms with Crippen LogP contribution in [0.4, 0.5) is 0 Å². The van der Waals surface area contributed by atoms with E-state index in [2.05, 4.69) is 6.92 Å². The number of hydrogen-bond donors (Lipinski definition) is 0. The molecule has 1 saturated carbocycles. The fourth-order valence-electron chi connectivity index (χ4n) is 3.43. The number of carbonyl (C=O) groups is 2. The zero-order valence-corrected chi connectivity index (χ0v) is 14.7. The van der Waals surface area contributed by atoms with Gasteiger partial charge in [-0.2, -0.15) is 0 Å². The number of likely N-dealkylation sites (tertiary alicyclic amines) is 1. The fourth-order valence-corrected chi connectivity index (χ4v) is 3.43. The molecule has 0 aromatic heterocycles. The first kappa shape index (κ1) is 16.8. The summed E-state index contributed by atoms with van der Waals surface area (Å²) in [6.45, 7) is 3.18. The molecule has 0 radical (unpaired) electrons. The summed E-state index contributed by atoms with van der Waals surface area (Å²) in [6.07, 6.45) is 2.76. The molecule has 24 heavy (non-hydrogen) atoms. The van der Waals surface area contributed by atoms with Gasteiger partial charge in [0.05, 0.1) is 13.0 Å². The third kappa shape index (κ3) is 3.55. The number of ether oxygens (including phenoxy) is 1. The highest BCUT2D eigenvalue weighted by molar-refractivity contribution is 5.89. The third-order valence-electron chi connectivity index (χ3n) is 5.36. The molecule has 0 N–H and O–H groups in total. The lowest BCUT2D eigenvalue weighted by atomic mass is 10.1. The third-order valence-corrected chi connectivity index (χ3v) is 5.36. The normalized spacial score (nSPS) is 21.7. The maximum Gasteiger partial charge on any atom is 0.227 e. The van der Waals surface area contributed by atoms with Crippen molar-refractivity contribution in [1.29, 1.82) is 0 Å². The van der Waals surface area contributed by atoms with Gasteiger partial charge in [0.15, 0.2) is 0 Å². The van der Waals surface area contributed by atoms with E-state index in [-0.39, 0.29) is 23.8 Å². The molecule has 2 amide bonds. The number of hydrogen-bond acceptors (Lipinski definition) is 3. The molecule has 2 atom stereocenters. The van der Waals surface area contributed by atoms with E-state index in [0.717, 1.165) is 11.3 Å². The Balaban J connectivity index is 1.59. The zero-order chi connectivity index (χ0) is 17.3. The Bertz CT molecular complexity index is 610. The standard InChI is InChI=1S/C19H26N2O3/c1-13(15-6-7-15)20(2)19(23)16-10-18(22)21(12-16)11-14-4-8-17(24-3)9-5-14/h4-5,8-9,13,15-16H,6-7,10-12H2,1-3H3. The van der Waals surface area contributed by atoms with Crippen LogP contribution in [0.15, 0.2) is 24.3 Å². The molecule has 3 rings (SSSR count). The first-order valence-corrected chi connectivity index (χ1v) is 8.67. The van der Waals surface area contributed by atoms with E-state index in [0.29, 0.717) is 25.4 Å². The van der Waals surface area contributed by atoms with Gasteiger partial charge in [0.2, 0.25) is 11.8 Å². The summed E-state index contributed by atoms with van der Waals surface area (Å²) in [5.41, 5.74) is 1.05. The number of amides is 2. The van der Waals surface area contributed by atoms with Crippen molar-refractivity contribution in [2.24, 2.45) is 11.8 Å². The van der Waals surface area contributed by atoms with Crippen molar-refractivity contribution >= 4 is 11.8 Å². The lowest BCUT2D eigenvalue weighted by molar-refractivity contribution is -0.136. The molecule has 1 aliphatic heterocycles. The Morgan fingerprint density at radius 1 is 1.33 bits per heavy atom. The SMILES string of the molecule is COc1ccc(CN2CC(C(=O)N(C)C(C)C3CC3)CC2=O)cc1. The van der Waals surface area contributed by atoms with Crippen molar-refractivity contribution in [2.75, 3.05) is 20.7 Å². The van der Waals surface area contributed by atoms with Gasteiger partial charge >= 0.3 is 0 Å². The van der Waals surface area contributed by atoms with Gasteiger partial charge in [-0.3, -0.25) is 9.59 Å². The second-order valence-corrected chi connectivity index (χ2v) is 7.05. The van der Waals surface area contributed by atoms with Gasteiger partial charge in [0.1, 0.15) is 5.75 Å². The smallest absolute Gasteiger partial charge is 0.227 e. The molecule has 1 heterocycles. The molecule has 1 aromatic carbocycles. The van der Waals surface area contributed by atoms with Crippen molar-refractivity contribution in [2.45, 2.75) is 38.8 Å². The molecule has 1 aromatic rings. The number of carbonyl (C=O) groups excluding carboxylic acids is 2. The summed E-state index contributed by atoms with van der Waals surface area (Å²) in [6, 6.07) is 7.99. The first-order chi connectivity index (χ1) is 11.5. The van der Waals surface area contributed by atoms with Gasteiger partial charge in [-0.05, 0) is 43.4 Å². The number of rotatable bonds is 6. The van der Waals surface area contributed by atoms with Crippen LogP contribution in [0.3, 0.4) is 0 Å². The van der Waals surface area contributed by atoms with E-state index < -0.39 is 0 Å². The molecule has 2 unspecified atom stereocenters. The van der Waals surface area contributed by atoms with E-state index in [1.54, 1.807) is 12.0 Å². The maximum absolute atomic E-state index is 12.7. The van der Waals surface area contributed by atoms with Crippen LogP contribution in [0.2, 0.25) is 0 Å². The predicted octanol–water partition coefficient (Wildman–Crippen LogP) is 2.30. The van der Waals surface area contributed by atoms with Crippen molar-refractivity contribution in [1.82, 2.24) is 9.80 Å². The topological polar surface area (TPSA) is 49.9 Å². The Kier molecular flexibility index (Phi) is 4.78. The van der Waals surface area contributed by atoms with Crippen molar-refractivity contribution in [3.8, 4) is 5.75 Å². The van der Waals surface area contributed by atoms with Gasteiger partial charge in [0.25, 0.3) is 0 Å². The largest absolute Gasteiger partial charge is 0.497 e. The first-order valence-electron chi connectivity index (χ1n) is 8.67. The van der Waals surface area contributed by atoms with E-state index in [4.69, 9.17) is 4.74 Å². The van der Waals surface area contributed by atoms with E-state index in [1.165, 1.54) is 12.8 Å². The molecule has 2 aliphatic rings.